The Kier molecular flexibility index (Phi) is 5.37. The van der Waals surface area contributed by atoms with Crippen LogP contribution in [0, 0.1) is 6.92 Å². The van der Waals surface area contributed by atoms with Crippen molar-refractivity contribution in [1.29, 1.82) is 0 Å². The van der Waals surface area contributed by atoms with Gasteiger partial charge in [-0.3, -0.25) is 4.90 Å². The van der Waals surface area contributed by atoms with E-state index in [9.17, 15) is 0 Å². The Hall–Kier alpha value is -2.11. The minimum Gasteiger partial charge on any atom is -0.365 e. The van der Waals surface area contributed by atoms with Crippen LogP contribution in [0.3, 0.4) is 0 Å². The predicted molar refractivity (Wildman–Crippen MR) is 111 cm³/mol. The van der Waals surface area contributed by atoms with Gasteiger partial charge >= 0.3 is 0 Å². The van der Waals surface area contributed by atoms with Gasteiger partial charge in [0.15, 0.2) is 0 Å². The van der Waals surface area contributed by atoms with Crippen LogP contribution in [-0.2, 0) is 13.1 Å². The molecule has 2 aromatic carbocycles. The first kappa shape index (κ1) is 17.3. The number of fused-ring (bicyclic) bond motifs is 1. The van der Waals surface area contributed by atoms with Crippen LogP contribution in [0.2, 0.25) is 0 Å². The molecule has 26 heavy (non-hydrogen) atoms. The zero-order chi connectivity index (χ0) is 17.8. The molecule has 4 rings (SSSR count). The van der Waals surface area contributed by atoms with Crippen molar-refractivity contribution < 1.29 is 0 Å². The van der Waals surface area contributed by atoms with Gasteiger partial charge in [0.2, 0.25) is 0 Å². The molecule has 0 atom stereocenters. The van der Waals surface area contributed by atoms with Crippen LogP contribution in [0.5, 0.6) is 0 Å². The van der Waals surface area contributed by atoms with Gasteiger partial charge < -0.3 is 5.32 Å². The number of anilines is 1. The third kappa shape index (κ3) is 4.17. The highest BCUT2D eigenvalue weighted by molar-refractivity contribution is 7.99. The summed E-state index contributed by atoms with van der Waals surface area (Å²) in [6.07, 6.45) is 0. The average molecular weight is 365 g/mol. The molecule has 0 radical (unpaired) electrons. The second-order valence-corrected chi connectivity index (χ2v) is 7.96. The maximum absolute atomic E-state index is 4.86. The summed E-state index contributed by atoms with van der Waals surface area (Å²) >= 11 is 2.03. The summed E-state index contributed by atoms with van der Waals surface area (Å²) in [6, 6.07) is 16.9. The predicted octanol–water partition coefficient (Wildman–Crippen LogP) is 4.10. The quantitative estimate of drug-likeness (QED) is 0.738. The molecule has 0 spiro atoms. The summed E-state index contributed by atoms with van der Waals surface area (Å²) in [4.78, 5) is 12.1. The first-order valence-corrected chi connectivity index (χ1v) is 10.3. The smallest absolute Gasteiger partial charge is 0.145 e. The lowest BCUT2D eigenvalue weighted by molar-refractivity contribution is 0.287. The van der Waals surface area contributed by atoms with Crippen LogP contribution in [0.1, 0.15) is 17.0 Å². The fourth-order valence-corrected chi connectivity index (χ4v) is 4.16. The molecule has 0 amide bonds. The van der Waals surface area contributed by atoms with Crippen molar-refractivity contribution in [2.75, 3.05) is 29.9 Å². The van der Waals surface area contributed by atoms with E-state index in [4.69, 9.17) is 9.97 Å². The number of rotatable bonds is 5. The molecule has 4 nitrogen and oxygen atoms in total. The number of hydrogen-bond acceptors (Lipinski definition) is 5. The van der Waals surface area contributed by atoms with Crippen molar-refractivity contribution in [2.45, 2.75) is 20.0 Å². The minimum absolute atomic E-state index is 0.765. The molecule has 0 bridgehead atoms. The molecule has 3 aromatic rings. The molecule has 1 N–H and O–H groups in total. The highest BCUT2D eigenvalue weighted by Crippen LogP contribution is 2.22. The van der Waals surface area contributed by atoms with Gasteiger partial charge in [0.25, 0.3) is 0 Å². The molecular formula is C21H24N4S. The Morgan fingerprint density at radius 2 is 1.77 bits per heavy atom. The third-order valence-corrected chi connectivity index (χ3v) is 5.64. The molecule has 1 aromatic heterocycles. The van der Waals surface area contributed by atoms with Gasteiger partial charge in [-0.2, -0.15) is 11.8 Å². The summed E-state index contributed by atoms with van der Waals surface area (Å²) in [5.74, 6) is 4.23. The van der Waals surface area contributed by atoms with Crippen LogP contribution >= 0.6 is 11.8 Å². The van der Waals surface area contributed by atoms with Gasteiger partial charge in [0.05, 0.1) is 12.1 Å². The van der Waals surface area contributed by atoms with Gasteiger partial charge in [-0.1, -0.05) is 42.0 Å². The largest absolute Gasteiger partial charge is 0.365 e. The highest BCUT2D eigenvalue weighted by atomic mass is 32.2. The fourth-order valence-electron chi connectivity index (χ4n) is 3.18. The Morgan fingerprint density at radius 3 is 2.58 bits per heavy atom. The molecule has 134 valence electrons. The molecule has 1 fully saturated rings. The lowest BCUT2D eigenvalue weighted by Crippen LogP contribution is -2.32. The van der Waals surface area contributed by atoms with Crippen LogP contribution in [0.15, 0.2) is 48.5 Å². The summed E-state index contributed by atoms with van der Waals surface area (Å²) in [7, 11) is 0. The van der Waals surface area contributed by atoms with Gasteiger partial charge in [0, 0.05) is 36.5 Å². The van der Waals surface area contributed by atoms with E-state index in [2.05, 4.69) is 53.5 Å². The summed E-state index contributed by atoms with van der Waals surface area (Å²) < 4.78 is 0. The van der Waals surface area contributed by atoms with Gasteiger partial charge in [-0.15, -0.1) is 0 Å². The molecule has 2 heterocycles. The fraction of sp³-hybridized carbons (Fsp3) is 0.333. The number of hydrogen-bond donors (Lipinski definition) is 1. The van der Waals surface area contributed by atoms with E-state index in [1.165, 1.54) is 22.6 Å². The number of nitrogens with zero attached hydrogens (tertiary/aromatic N) is 3. The molecule has 0 unspecified atom stereocenters. The summed E-state index contributed by atoms with van der Waals surface area (Å²) in [6.45, 7) is 5.94. The average Bonchev–Trinajstić information content (AvgIpc) is 2.68. The lowest BCUT2D eigenvalue weighted by Gasteiger charge is -2.25. The number of nitrogens with one attached hydrogen (secondary N) is 1. The van der Waals surface area contributed by atoms with Crippen molar-refractivity contribution in [2.24, 2.45) is 0 Å². The minimum atomic E-state index is 0.765. The van der Waals surface area contributed by atoms with Crippen LogP contribution in [0.4, 0.5) is 5.82 Å². The maximum Gasteiger partial charge on any atom is 0.145 e. The molecule has 1 saturated heterocycles. The van der Waals surface area contributed by atoms with Gasteiger partial charge in [0.1, 0.15) is 11.6 Å². The van der Waals surface area contributed by atoms with Crippen molar-refractivity contribution >= 4 is 28.5 Å². The van der Waals surface area contributed by atoms with Crippen molar-refractivity contribution in [3.05, 3.63) is 65.5 Å². The standard InChI is InChI=1S/C21H24N4S/c1-16-6-8-17(9-7-16)14-22-21-18-4-2-3-5-19(18)23-20(24-21)15-25-10-12-26-13-11-25/h2-9H,10-15H2,1H3,(H,22,23,24). The summed E-state index contributed by atoms with van der Waals surface area (Å²) in [5, 5.41) is 4.61. The van der Waals surface area contributed by atoms with E-state index >= 15 is 0 Å². The monoisotopic (exact) mass is 364 g/mol. The number of aromatic nitrogens is 2. The van der Waals surface area contributed by atoms with Crippen LogP contribution in [0.25, 0.3) is 10.9 Å². The SMILES string of the molecule is Cc1ccc(CNc2nc(CN3CCSCC3)nc3ccccc23)cc1. The topological polar surface area (TPSA) is 41.1 Å². The molecule has 1 aliphatic rings. The third-order valence-electron chi connectivity index (χ3n) is 4.70. The van der Waals surface area contributed by atoms with Gasteiger partial charge in [-0.05, 0) is 24.6 Å². The maximum atomic E-state index is 4.86. The Morgan fingerprint density at radius 1 is 1.00 bits per heavy atom. The van der Waals surface area contributed by atoms with Crippen LogP contribution in [-0.4, -0.2) is 39.5 Å². The van der Waals surface area contributed by atoms with E-state index in [0.29, 0.717) is 0 Å². The van der Waals surface area contributed by atoms with E-state index in [-0.39, 0.29) is 0 Å². The Labute approximate surface area is 159 Å². The summed E-state index contributed by atoms with van der Waals surface area (Å²) in [5.41, 5.74) is 3.55. The zero-order valence-corrected chi connectivity index (χ0v) is 15.9. The second-order valence-electron chi connectivity index (χ2n) is 6.73. The molecule has 0 saturated carbocycles. The number of para-hydroxylation sites is 1. The molecule has 0 aliphatic carbocycles. The van der Waals surface area contributed by atoms with Crippen molar-refractivity contribution in [3.8, 4) is 0 Å². The number of benzene rings is 2. The molecule has 5 heteroatoms. The van der Waals surface area contributed by atoms with E-state index in [1.54, 1.807) is 0 Å². The highest BCUT2D eigenvalue weighted by Gasteiger charge is 2.14. The van der Waals surface area contributed by atoms with E-state index < -0.39 is 0 Å². The number of aryl methyl sites for hydroxylation is 1. The second kappa shape index (κ2) is 8.06. The Bertz CT molecular complexity index is 873. The lowest BCUT2D eigenvalue weighted by atomic mass is 10.1. The number of thioether (sulfide) groups is 1. The normalized spacial score (nSPS) is 15.3. The van der Waals surface area contributed by atoms with Crippen molar-refractivity contribution in [3.63, 3.8) is 0 Å². The van der Waals surface area contributed by atoms with E-state index in [1.807, 2.05) is 23.9 Å². The first-order valence-electron chi connectivity index (χ1n) is 9.13. The van der Waals surface area contributed by atoms with Gasteiger partial charge in [-0.25, -0.2) is 9.97 Å². The molecular weight excluding hydrogens is 340 g/mol. The Balaban J connectivity index is 1.57. The van der Waals surface area contributed by atoms with E-state index in [0.717, 1.165) is 48.7 Å². The van der Waals surface area contributed by atoms with Crippen molar-refractivity contribution in [1.82, 2.24) is 14.9 Å². The van der Waals surface area contributed by atoms with Crippen LogP contribution < -0.4 is 5.32 Å². The zero-order valence-electron chi connectivity index (χ0n) is 15.1. The first-order chi connectivity index (χ1) is 12.8. The molecule has 1 aliphatic heterocycles.